The Balaban J connectivity index is 2.18. The van der Waals surface area contributed by atoms with Crippen LogP contribution in [0.1, 0.15) is 41.8 Å². The summed E-state index contributed by atoms with van der Waals surface area (Å²) in [5.74, 6) is -0.150. The van der Waals surface area contributed by atoms with E-state index in [1.807, 2.05) is 0 Å². The second-order valence-electron chi connectivity index (χ2n) is 4.74. The largest absolute Gasteiger partial charge is 0.468 e. The van der Waals surface area contributed by atoms with Crippen LogP contribution in [0, 0.1) is 6.92 Å². The van der Waals surface area contributed by atoms with Gasteiger partial charge in [-0.05, 0) is 19.8 Å². The highest BCUT2D eigenvalue weighted by Crippen LogP contribution is 2.25. The number of aryl methyl sites for hydroxylation is 1. The highest BCUT2D eigenvalue weighted by Gasteiger charge is 2.31. The number of amides is 1. The Morgan fingerprint density at radius 2 is 2.16 bits per heavy atom. The third-order valence-corrected chi connectivity index (χ3v) is 3.53. The van der Waals surface area contributed by atoms with Crippen LogP contribution in [-0.4, -0.2) is 41.6 Å². The van der Waals surface area contributed by atoms with E-state index in [2.05, 4.69) is 9.89 Å². The maximum atomic E-state index is 12.5. The maximum absolute atomic E-state index is 12.5. The zero-order valence-electron chi connectivity index (χ0n) is 11.2. The summed E-state index contributed by atoms with van der Waals surface area (Å²) in [6.07, 6.45) is 5.41. The van der Waals surface area contributed by atoms with E-state index in [4.69, 9.17) is 4.52 Å². The van der Waals surface area contributed by atoms with Crippen molar-refractivity contribution in [3.05, 3.63) is 17.5 Å². The molecule has 0 bridgehead atoms. The van der Waals surface area contributed by atoms with Gasteiger partial charge in [0.25, 0.3) is 5.91 Å². The Kier molecular flexibility index (Phi) is 4.19. The number of methoxy groups -OCH3 is 1. The van der Waals surface area contributed by atoms with E-state index < -0.39 is 5.97 Å². The summed E-state index contributed by atoms with van der Waals surface area (Å²) in [5.41, 5.74) is 0.413. The molecule has 1 heterocycles. The average molecular weight is 266 g/mol. The molecule has 1 aliphatic rings. The van der Waals surface area contributed by atoms with Crippen molar-refractivity contribution in [1.29, 1.82) is 0 Å². The standard InChI is InChI=1S/C13H18N2O4/c1-9-11(7-14-19-9)13(17)15(8-12(16)18-2)10-5-3-4-6-10/h7,10H,3-6,8H2,1-2H3. The van der Waals surface area contributed by atoms with Crippen molar-refractivity contribution in [3.8, 4) is 0 Å². The summed E-state index contributed by atoms with van der Waals surface area (Å²) in [6.45, 7) is 1.66. The summed E-state index contributed by atoms with van der Waals surface area (Å²) < 4.78 is 9.58. The van der Waals surface area contributed by atoms with Crippen LogP contribution in [-0.2, 0) is 9.53 Å². The fourth-order valence-electron chi connectivity index (χ4n) is 2.45. The Bertz CT molecular complexity index is 463. The molecule has 1 saturated carbocycles. The van der Waals surface area contributed by atoms with E-state index in [1.165, 1.54) is 13.3 Å². The summed E-state index contributed by atoms with van der Waals surface area (Å²) in [6, 6.07) is 0.0981. The van der Waals surface area contributed by atoms with Gasteiger partial charge in [-0.3, -0.25) is 9.59 Å². The smallest absolute Gasteiger partial charge is 0.325 e. The number of esters is 1. The molecule has 6 heteroatoms. The van der Waals surface area contributed by atoms with E-state index in [0.29, 0.717) is 11.3 Å². The third-order valence-electron chi connectivity index (χ3n) is 3.53. The van der Waals surface area contributed by atoms with Crippen LogP contribution in [0.5, 0.6) is 0 Å². The van der Waals surface area contributed by atoms with Gasteiger partial charge in [-0.25, -0.2) is 0 Å². The Morgan fingerprint density at radius 3 is 2.68 bits per heavy atom. The second kappa shape index (κ2) is 5.86. The number of nitrogens with zero attached hydrogens (tertiary/aromatic N) is 2. The van der Waals surface area contributed by atoms with E-state index >= 15 is 0 Å². The number of ether oxygens (including phenoxy) is 1. The molecular formula is C13H18N2O4. The first-order valence-corrected chi connectivity index (χ1v) is 6.42. The van der Waals surface area contributed by atoms with E-state index in [1.54, 1.807) is 11.8 Å². The summed E-state index contributed by atoms with van der Waals surface area (Å²) in [7, 11) is 1.32. The minimum Gasteiger partial charge on any atom is -0.468 e. The van der Waals surface area contributed by atoms with E-state index in [0.717, 1.165) is 25.7 Å². The third kappa shape index (κ3) is 2.94. The molecule has 1 aromatic heterocycles. The van der Waals surface area contributed by atoms with Gasteiger partial charge in [-0.1, -0.05) is 18.0 Å². The molecule has 19 heavy (non-hydrogen) atoms. The lowest BCUT2D eigenvalue weighted by molar-refractivity contribution is -0.141. The number of hydrogen-bond donors (Lipinski definition) is 0. The normalized spacial score (nSPS) is 15.5. The molecule has 0 aliphatic heterocycles. The molecule has 1 aromatic rings. The zero-order valence-corrected chi connectivity index (χ0v) is 11.2. The lowest BCUT2D eigenvalue weighted by Crippen LogP contribution is -2.42. The van der Waals surface area contributed by atoms with Gasteiger partial charge in [0.15, 0.2) is 0 Å². The molecule has 104 valence electrons. The molecule has 2 rings (SSSR count). The van der Waals surface area contributed by atoms with Gasteiger partial charge in [0.1, 0.15) is 17.9 Å². The first-order valence-electron chi connectivity index (χ1n) is 6.42. The molecule has 1 amide bonds. The van der Waals surface area contributed by atoms with E-state index in [9.17, 15) is 9.59 Å². The van der Waals surface area contributed by atoms with Gasteiger partial charge < -0.3 is 14.2 Å². The molecule has 1 fully saturated rings. The van der Waals surface area contributed by atoms with Crippen molar-refractivity contribution < 1.29 is 18.8 Å². The van der Waals surface area contributed by atoms with Crippen molar-refractivity contribution >= 4 is 11.9 Å². The highest BCUT2D eigenvalue weighted by atomic mass is 16.5. The average Bonchev–Trinajstić information content (AvgIpc) is 3.05. The number of carbonyl (C=O) groups excluding carboxylic acids is 2. The van der Waals surface area contributed by atoms with Crippen LogP contribution in [0.15, 0.2) is 10.7 Å². The molecule has 0 aromatic carbocycles. The van der Waals surface area contributed by atoms with Gasteiger partial charge in [-0.15, -0.1) is 0 Å². The number of aromatic nitrogens is 1. The van der Waals surface area contributed by atoms with E-state index in [-0.39, 0.29) is 18.5 Å². The van der Waals surface area contributed by atoms with Crippen LogP contribution in [0.2, 0.25) is 0 Å². The Hall–Kier alpha value is -1.85. The summed E-state index contributed by atoms with van der Waals surface area (Å²) in [4.78, 5) is 25.5. The molecule has 1 aliphatic carbocycles. The van der Waals surface area contributed by atoms with Crippen LogP contribution in [0.25, 0.3) is 0 Å². The fourth-order valence-corrected chi connectivity index (χ4v) is 2.45. The van der Waals surface area contributed by atoms with Crippen LogP contribution < -0.4 is 0 Å². The topological polar surface area (TPSA) is 72.6 Å². The lowest BCUT2D eigenvalue weighted by Gasteiger charge is -2.27. The van der Waals surface area contributed by atoms with Crippen molar-refractivity contribution in [3.63, 3.8) is 0 Å². The maximum Gasteiger partial charge on any atom is 0.325 e. The molecule has 0 radical (unpaired) electrons. The fraction of sp³-hybridized carbons (Fsp3) is 0.615. The zero-order chi connectivity index (χ0) is 13.8. The van der Waals surface area contributed by atoms with Crippen molar-refractivity contribution in [1.82, 2.24) is 10.1 Å². The quantitative estimate of drug-likeness (QED) is 0.773. The first kappa shape index (κ1) is 13.6. The summed E-state index contributed by atoms with van der Waals surface area (Å²) in [5, 5.41) is 3.61. The van der Waals surface area contributed by atoms with Gasteiger partial charge in [0, 0.05) is 6.04 Å². The van der Waals surface area contributed by atoms with Crippen molar-refractivity contribution in [2.45, 2.75) is 38.6 Å². The van der Waals surface area contributed by atoms with Gasteiger partial charge in [0.05, 0.1) is 13.3 Å². The molecular weight excluding hydrogens is 248 g/mol. The number of rotatable bonds is 4. The molecule has 0 saturated heterocycles. The molecule has 6 nitrogen and oxygen atoms in total. The lowest BCUT2D eigenvalue weighted by atomic mass is 10.1. The van der Waals surface area contributed by atoms with Crippen LogP contribution in [0.4, 0.5) is 0 Å². The Morgan fingerprint density at radius 1 is 1.47 bits per heavy atom. The predicted octanol–water partition coefficient (Wildman–Crippen LogP) is 1.54. The second-order valence-corrected chi connectivity index (χ2v) is 4.74. The SMILES string of the molecule is COC(=O)CN(C(=O)c1cnoc1C)C1CCCC1. The molecule has 0 unspecified atom stereocenters. The van der Waals surface area contributed by atoms with Crippen LogP contribution in [0.3, 0.4) is 0 Å². The predicted molar refractivity (Wildman–Crippen MR) is 66.5 cm³/mol. The Labute approximate surface area is 111 Å². The van der Waals surface area contributed by atoms with Crippen LogP contribution >= 0.6 is 0 Å². The minimum atomic E-state index is -0.408. The number of hydrogen-bond acceptors (Lipinski definition) is 5. The van der Waals surface area contributed by atoms with Crippen molar-refractivity contribution in [2.75, 3.05) is 13.7 Å². The summed E-state index contributed by atoms with van der Waals surface area (Å²) >= 11 is 0. The number of carbonyl (C=O) groups is 2. The van der Waals surface area contributed by atoms with Crippen molar-refractivity contribution in [2.24, 2.45) is 0 Å². The molecule has 0 N–H and O–H groups in total. The van der Waals surface area contributed by atoms with Gasteiger partial charge in [-0.2, -0.15) is 0 Å². The minimum absolute atomic E-state index is 0.0232. The first-order chi connectivity index (χ1) is 9.13. The monoisotopic (exact) mass is 266 g/mol. The molecule has 0 atom stereocenters. The van der Waals surface area contributed by atoms with Gasteiger partial charge >= 0.3 is 5.97 Å². The molecule has 0 spiro atoms. The highest BCUT2D eigenvalue weighted by molar-refractivity contribution is 5.96. The van der Waals surface area contributed by atoms with Gasteiger partial charge in [0.2, 0.25) is 0 Å².